The summed E-state index contributed by atoms with van der Waals surface area (Å²) < 4.78 is 10.7. The predicted molar refractivity (Wildman–Crippen MR) is 105 cm³/mol. The number of rotatable bonds is 8. The van der Waals surface area contributed by atoms with Crippen molar-refractivity contribution >= 4 is 17.3 Å². The van der Waals surface area contributed by atoms with Gasteiger partial charge in [0.2, 0.25) is 0 Å². The zero-order valence-corrected chi connectivity index (χ0v) is 16.2. The minimum Gasteiger partial charge on any atom is -0.497 e. The van der Waals surface area contributed by atoms with Crippen molar-refractivity contribution in [2.24, 2.45) is 4.99 Å². The lowest BCUT2D eigenvalue weighted by molar-refractivity contribution is 0.398. The van der Waals surface area contributed by atoms with Crippen LogP contribution in [0.1, 0.15) is 10.4 Å². The van der Waals surface area contributed by atoms with E-state index in [-0.39, 0.29) is 0 Å². The molecule has 136 valence electrons. The van der Waals surface area contributed by atoms with Crippen molar-refractivity contribution in [3.63, 3.8) is 0 Å². The van der Waals surface area contributed by atoms with Crippen molar-refractivity contribution in [3.05, 3.63) is 46.2 Å². The van der Waals surface area contributed by atoms with Gasteiger partial charge in [-0.3, -0.25) is 4.99 Å². The van der Waals surface area contributed by atoms with Gasteiger partial charge >= 0.3 is 0 Å². The van der Waals surface area contributed by atoms with Crippen LogP contribution in [0, 0.1) is 0 Å². The number of thiophene rings is 1. The van der Waals surface area contributed by atoms with E-state index in [0.717, 1.165) is 49.0 Å². The number of hydrogen-bond donors (Lipinski definition) is 1. The van der Waals surface area contributed by atoms with Gasteiger partial charge in [-0.25, -0.2) is 0 Å². The molecule has 1 aromatic heterocycles. The van der Waals surface area contributed by atoms with Gasteiger partial charge in [0.15, 0.2) is 5.96 Å². The fraction of sp³-hybridized carbons (Fsp3) is 0.421. The zero-order valence-electron chi connectivity index (χ0n) is 15.4. The number of guanidine groups is 1. The summed E-state index contributed by atoms with van der Waals surface area (Å²) in [7, 11) is 7.25. The minimum absolute atomic E-state index is 0.777. The summed E-state index contributed by atoms with van der Waals surface area (Å²) in [5, 5.41) is 5.53. The Morgan fingerprint density at radius 2 is 2.04 bits per heavy atom. The summed E-state index contributed by atoms with van der Waals surface area (Å²) >= 11 is 1.79. The summed E-state index contributed by atoms with van der Waals surface area (Å²) in [6, 6.07) is 10.1. The quantitative estimate of drug-likeness (QED) is 0.580. The first-order valence-electron chi connectivity index (χ1n) is 8.33. The molecule has 0 saturated carbocycles. The van der Waals surface area contributed by atoms with Crippen molar-refractivity contribution < 1.29 is 9.47 Å². The average Bonchev–Trinajstić information content (AvgIpc) is 3.16. The van der Waals surface area contributed by atoms with Gasteiger partial charge in [0.25, 0.3) is 0 Å². The molecule has 5 nitrogen and oxygen atoms in total. The van der Waals surface area contributed by atoms with Crippen LogP contribution < -0.4 is 14.8 Å². The van der Waals surface area contributed by atoms with Gasteiger partial charge < -0.3 is 19.7 Å². The highest BCUT2D eigenvalue weighted by molar-refractivity contribution is 7.09. The molecule has 6 heteroatoms. The smallest absolute Gasteiger partial charge is 0.193 e. The predicted octanol–water partition coefficient (Wildman–Crippen LogP) is 3.06. The van der Waals surface area contributed by atoms with Crippen LogP contribution in [-0.2, 0) is 12.8 Å². The van der Waals surface area contributed by atoms with Crippen LogP contribution in [0.5, 0.6) is 11.5 Å². The number of hydrogen-bond acceptors (Lipinski definition) is 4. The van der Waals surface area contributed by atoms with E-state index in [4.69, 9.17) is 9.47 Å². The third-order valence-electron chi connectivity index (χ3n) is 4.01. The number of aliphatic imine (C=N–C) groups is 1. The fourth-order valence-electron chi connectivity index (χ4n) is 2.61. The van der Waals surface area contributed by atoms with E-state index in [9.17, 15) is 0 Å². The maximum atomic E-state index is 5.43. The van der Waals surface area contributed by atoms with Crippen LogP contribution >= 0.6 is 11.3 Å². The summed E-state index contributed by atoms with van der Waals surface area (Å²) in [6.07, 6.45) is 1.86. The Balaban J connectivity index is 1.86. The summed E-state index contributed by atoms with van der Waals surface area (Å²) in [4.78, 5) is 7.92. The Kier molecular flexibility index (Phi) is 7.60. The van der Waals surface area contributed by atoms with Gasteiger partial charge in [-0.2, -0.15) is 0 Å². The van der Waals surface area contributed by atoms with Crippen molar-refractivity contribution in [2.45, 2.75) is 12.8 Å². The Hall–Kier alpha value is -2.21. The van der Waals surface area contributed by atoms with Gasteiger partial charge in [0, 0.05) is 32.1 Å². The van der Waals surface area contributed by atoms with Crippen LogP contribution in [-0.4, -0.2) is 52.3 Å². The number of nitrogens with zero attached hydrogens (tertiary/aromatic N) is 2. The molecule has 1 N–H and O–H groups in total. The molecule has 0 saturated heterocycles. The standard InChI is InChI=1S/C19H27N3O2S/c1-20-19(22(2)12-10-17-6-5-13-25-17)21-11-9-15-14-16(23-3)7-8-18(15)24-4/h5-8,13-14H,9-12H2,1-4H3,(H,20,21). The Morgan fingerprint density at radius 3 is 2.68 bits per heavy atom. The molecule has 0 atom stereocenters. The first kappa shape index (κ1) is 19.1. The van der Waals surface area contributed by atoms with E-state index < -0.39 is 0 Å². The normalized spacial score (nSPS) is 11.3. The van der Waals surface area contributed by atoms with Crippen LogP contribution in [0.3, 0.4) is 0 Å². The van der Waals surface area contributed by atoms with Crippen LogP contribution in [0.25, 0.3) is 0 Å². The number of benzene rings is 1. The maximum Gasteiger partial charge on any atom is 0.193 e. The number of nitrogens with one attached hydrogen (secondary N) is 1. The van der Waals surface area contributed by atoms with Gasteiger partial charge in [0.05, 0.1) is 14.2 Å². The molecule has 0 aliphatic rings. The Bertz CT molecular complexity index is 671. The highest BCUT2D eigenvalue weighted by atomic mass is 32.1. The molecule has 0 spiro atoms. The first-order valence-corrected chi connectivity index (χ1v) is 9.21. The van der Waals surface area contributed by atoms with Crippen LogP contribution in [0.4, 0.5) is 0 Å². The summed E-state index contributed by atoms with van der Waals surface area (Å²) in [6.45, 7) is 1.71. The van der Waals surface area contributed by atoms with Gasteiger partial charge in [-0.15, -0.1) is 11.3 Å². The highest BCUT2D eigenvalue weighted by Crippen LogP contribution is 2.24. The van der Waals surface area contributed by atoms with E-state index in [1.54, 1.807) is 25.6 Å². The second-order valence-corrected chi connectivity index (χ2v) is 6.68. The SMILES string of the molecule is CN=C(NCCc1cc(OC)ccc1OC)N(C)CCc1cccs1. The Morgan fingerprint density at radius 1 is 1.20 bits per heavy atom. The second-order valence-electron chi connectivity index (χ2n) is 5.65. The zero-order chi connectivity index (χ0) is 18.1. The minimum atomic E-state index is 0.777. The molecule has 0 unspecified atom stereocenters. The molecule has 0 bridgehead atoms. The number of ether oxygens (including phenoxy) is 2. The highest BCUT2D eigenvalue weighted by Gasteiger charge is 2.08. The topological polar surface area (TPSA) is 46.1 Å². The fourth-order valence-corrected chi connectivity index (χ4v) is 3.31. The largest absolute Gasteiger partial charge is 0.497 e. The van der Waals surface area contributed by atoms with E-state index in [2.05, 4.69) is 39.8 Å². The first-order chi connectivity index (χ1) is 12.2. The monoisotopic (exact) mass is 361 g/mol. The third kappa shape index (κ3) is 5.67. The lowest BCUT2D eigenvalue weighted by atomic mass is 10.1. The summed E-state index contributed by atoms with van der Waals surface area (Å²) in [5.41, 5.74) is 1.12. The molecule has 0 fully saturated rings. The van der Waals surface area contributed by atoms with E-state index in [1.165, 1.54) is 4.88 Å². The molecule has 2 aromatic rings. The lowest BCUT2D eigenvalue weighted by Crippen LogP contribution is -2.40. The molecule has 0 aliphatic carbocycles. The van der Waals surface area contributed by atoms with E-state index in [1.807, 2.05) is 25.2 Å². The number of methoxy groups -OCH3 is 2. The van der Waals surface area contributed by atoms with Crippen molar-refractivity contribution in [1.29, 1.82) is 0 Å². The molecule has 0 aliphatic heterocycles. The lowest BCUT2D eigenvalue weighted by Gasteiger charge is -2.22. The van der Waals surface area contributed by atoms with Gasteiger partial charge in [-0.05, 0) is 48.1 Å². The Labute approximate surface area is 154 Å². The maximum absolute atomic E-state index is 5.43. The molecule has 1 aromatic carbocycles. The van der Waals surface area contributed by atoms with Crippen molar-refractivity contribution in [2.75, 3.05) is 41.4 Å². The van der Waals surface area contributed by atoms with E-state index >= 15 is 0 Å². The summed E-state index contributed by atoms with van der Waals surface area (Å²) in [5.74, 6) is 2.62. The molecular weight excluding hydrogens is 334 g/mol. The number of likely N-dealkylation sites (N-methyl/N-ethyl adjacent to an activating group) is 1. The molecule has 1 heterocycles. The molecule has 0 radical (unpaired) electrons. The third-order valence-corrected chi connectivity index (χ3v) is 4.95. The van der Waals surface area contributed by atoms with Crippen molar-refractivity contribution in [1.82, 2.24) is 10.2 Å². The second kappa shape index (κ2) is 9.93. The van der Waals surface area contributed by atoms with Crippen LogP contribution in [0.15, 0.2) is 40.7 Å². The average molecular weight is 362 g/mol. The van der Waals surface area contributed by atoms with Gasteiger partial charge in [0.1, 0.15) is 11.5 Å². The molecule has 0 amide bonds. The van der Waals surface area contributed by atoms with Crippen LogP contribution in [0.2, 0.25) is 0 Å². The van der Waals surface area contributed by atoms with Gasteiger partial charge in [-0.1, -0.05) is 6.07 Å². The molecule has 2 rings (SSSR count). The van der Waals surface area contributed by atoms with Crippen molar-refractivity contribution in [3.8, 4) is 11.5 Å². The van der Waals surface area contributed by atoms with E-state index in [0.29, 0.717) is 0 Å². The molecule has 25 heavy (non-hydrogen) atoms. The molecular formula is C19H27N3O2S.